The maximum absolute atomic E-state index is 8.69. The lowest BCUT2D eigenvalue weighted by Gasteiger charge is -2.22. The second-order valence-electron chi connectivity index (χ2n) is 6.21. The van der Waals surface area contributed by atoms with Crippen LogP contribution in [0.3, 0.4) is 0 Å². The maximum Gasteiger partial charge on any atom is 0.144 e. The molecule has 0 aliphatic heterocycles. The molecule has 0 fully saturated rings. The van der Waals surface area contributed by atoms with Crippen molar-refractivity contribution in [3.8, 4) is 0 Å². The van der Waals surface area contributed by atoms with Gasteiger partial charge in [0.25, 0.3) is 0 Å². The fourth-order valence-electron chi connectivity index (χ4n) is 2.12. The Hall–Kier alpha value is -0.770. The van der Waals surface area contributed by atoms with E-state index in [1.165, 1.54) is 38.5 Å². The Morgan fingerprint density at radius 2 is 1.55 bits per heavy atom. The van der Waals surface area contributed by atoms with Gasteiger partial charge in [-0.25, -0.2) is 0 Å². The summed E-state index contributed by atoms with van der Waals surface area (Å²) in [5.41, 5.74) is 5.42. The van der Waals surface area contributed by atoms with Crippen molar-refractivity contribution in [3.63, 3.8) is 0 Å². The van der Waals surface area contributed by atoms with Crippen molar-refractivity contribution in [1.82, 2.24) is 0 Å². The highest BCUT2D eigenvalue weighted by atomic mass is 16.5. The van der Waals surface area contributed by atoms with Crippen molar-refractivity contribution in [2.45, 2.75) is 78.6 Å². The van der Waals surface area contributed by atoms with Crippen LogP contribution in [0.5, 0.6) is 0 Å². The molecular formula is C16H34N2O2. The summed E-state index contributed by atoms with van der Waals surface area (Å²) < 4.78 is 5.63. The highest BCUT2D eigenvalue weighted by Crippen LogP contribution is 2.23. The predicted octanol–water partition coefficient (Wildman–Crippen LogP) is 4.31. The van der Waals surface area contributed by atoms with Crippen LogP contribution in [0, 0.1) is 5.41 Å². The van der Waals surface area contributed by atoms with Crippen LogP contribution in [0.1, 0.15) is 78.6 Å². The zero-order chi connectivity index (χ0) is 15.3. The summed E-state index contributed by atoms with van der Waals surface area (Å²) in [7, 11) is 0. The Balaban J connectivity index is 3.33. The second-order valence-corrected chi connectivity index (χ2v) is 6.21. The molecule has 0 bridgehead atoms. The number of unbranched alkanes of at least 4 members (excludes halogenated alkanes) is 6. The molecule has 0 saturated carbocycles. The molecule has 0 saturated heterocycles. The number of hydrogen-bond acceptors (Lipinski definition) is 3. The minimum atomic E-state index is -0.228. The minimum Gasteiger partial charge on any atom is -0.409 e. The van der Waals surface area contributed by atoms with E-state index < -0.39 is 0 Å². The maximum atomic E-state index is 8.69. The van der Waals surface area contributed by atoms with E-state index >= 15 is 0 Å². The van der Waals surface area contributed by atoms with Gasteiger partial charge in [-0.2, -0.15) is 0 Å². The van der Waals surface area contributed by atoms with Crippen LogP contribution in [0.15, 0.2) is 5.16 Å². The molecule has 0 atom stereocenters. The number of nitrogens with two attached hydrogens (primary N) is 1. The van der Waals surface area contributed by atoms with Crippen molar-refractivity contribution in [2.24, 2.45) is 16.3 Å². The summed E-state index contributed by atoms with van der Waals surface area (Å²) in [6, 6.07) is 0. The van der Waals surface area contributed by atoms with Gasteiger partial charge in [0, 0.05) is 18.6 Å². The average molecular weight is 286 g/mol. The van der Waals surface area contributed by atoms with Crippen LogP contribution in [-0.4, -0.2) is 24.3 Å². The summed E-state index contributed by atoms with van der Waals surface area (Å²) in [5.74, 6) is 0.311. The lowest BCUT2D eigenvalue weighted by Crippen LogP contribution is -2.31. The van der Waals surface area contributed by atoms with E-state index in [1.807, 2.05) is 13.8 Å². The first-order valence-corrected chi connectivity index (χ1v) is 8.10. The van der Waals surface area contributed by atoms with E-state index in [-0.39, 0.29) is 5.41 Å². The molecule has 4 heteroatoms. The molecule has 0 rings (SSSR count). The number of ether oxygens (including phenoxy) is 1. The highest BCUT2D eigenvalue weighted by Gasteiger charge is 2.22. The van der Waals surface area contributed by atoms with Gasteiger partial charge in [0.15, 0.2) is 0 Å². The van der Waals surface area contributed by atoms with E-state index in [1.54, 1.807) is 0 Å². The van der Waals surface area contributed by atoms with E-state index in [0.29, 0.717) is 5.84 Å². The fraction of sp³-hybridized carbons (Fsp3) is 0.938. The molecule has 3 N–H and O–H groups in total. The quantitative estimate of drug-likeness (QED) is 0.174. The molecule has 0 aliphatic carbocycles. The summed E-state index contributed by atoms with van der Waals surface area (Å²) in [6.45, 7) is 7.94. The first-order chi connectivity index (χ1) is 9.54. The SMILES string of the molecule is CCCCCCCCOCCCCC(C)(C)C(N)=NO. The Kier molecular flexibility index (Phi) is 11.5. The van der Waals surface area contributed by atoms with Crippen molar-refractivity contribution < 1.29 is 9.94 Å². The van der Waals surface area contributed by atoms with Crippen LogP contribution in [0.2, 0.25) is 0 Å². The van der Waals surface area contributed by atoms with Gasteiger partial charge < -0.3 is 15.7 Å². The third-order valence-electron chi connectivity index (χ3n) is 3.78. The van der Waals surface area contributed by atoms with Crippen LogP contribution >= 0.6 is 0 Å². The molecule has 0 aromatic heterocycles. The van der Waals surface area contributed by atoms with Crippen molar-refractivity contribution >= 4 is 5.84 Å². The summed E-state index contributed by atoms with van der Waals surface area (Å²) in [4.78, 5) is 0. The van der Waals surface area contributed by atoms with Gasteiger partial charge >= 0.3 is 0 Å². The fourth-order valence-corrected chi connectivity index (χ4v) is 2.12. The van der Waals surface area contributed by atoms with E-state index in [2.05, 4.69) is 12.1 Å². The molecule has 0 spiro atoms. The predicted molar refractivity (Wildman–Crippen MR) is 85.2 cm³/mol. The average Bonchev–Trinajstić information content (AvgIpc) is 2.43. The molecule has 20 heavy (non-hydrogen) atoms. The highest BCUT2D eigenvalue weighted by molar-refractivity contribution is 5.85. The molecule has 0 heterocycles. The van der Waals surface area contributed by atoms with Gasteiger partial charge in [-0.3, -0.25) is 0 Å². The van der Waals surface area contributed by atoms with Crippen molar-refractivity contribution in [1.29, 1.82) is 0 Å². The van der Waals surface area contributed by atoms with E-state index in [0.717, 1.165) is 32.5 Å². The summed E-state index contributed by atoms with van der Waals surface area (Å²) >= 11 is 0. The number of hydrogen-bond donors (Lipinski definition) is 2. The lowest BCUT2D eigenvalue weighted by molar-refractivity contribution is 0.124. The smallest absolute Gasteiger partial charge is 0.144 e. The number of amidine groups is 1. The molecule has 0 unspecified atom stereocenters. The normalized spacial score (nSPS) is 12.8. The number of oxime groups is 1. The molecule has 0 aliphatic rings. The first-order valence-electron chi connectivity index (χ1n) is 8.10. The van der Waals surface area contributed by atoms with Crippen molar-refractivity contribution in [2.75, 3.05) is 13.2 Å². The summed E-state index contributed by atoms with van der Waals surface area (Å²) in [5, 5.41) is 11.8. The molecule has 0 amide bonds. The van der Waals surface area contributed by atoms with Crippen LogP contribution in [0.25, 0.3) is 0 Å². The van der Waals surface area contributed by atoms with Crippen molar-refractivity contribution in [3.05, 3.63) is 0 Å². The van der Waals surface area contributed by atoms with Gasteiger partial charge in [-0.1, -0.05) is 64.5 Å². The summed E-state index contributed by atoms with van der Waals surface area (Å²) in [6.07, 6.45) is 10.8. The molecule has 0 aromatic carbocycles. The zero-order valence-electron chi connectivity index (χ0n) is 13.7. The Morgan fingerprint density at radius 1 is 1.00 bits per heavy atom. The molecule has 0 radical (unpaired) electrons. The van der Waals surface area contributed by atoms with Crippen LogP contribution in [0.4, 0.5) is 0 Å². The van der Waals surface area contributed by atoms with Crippen LogP contribution in [-0.2, 0) is 4.74 Å². The topological polar surface area (TPSA) is 67.8 Å². The van der Waals surface area contributed by atoms with E-state index in [9.17, 15) is 0 Å². The third-order valence-corrected chi connectivity index (χ3v) is 3.78. The first kappa shape index (κ1) is 19.2. The number of nitrogens with zero attached hydrogens (tertiary/aromatic N) is 1. The third kappa shape index (κ3) is 10.1. The molecule has 4 nitrogen and oxygen atoms in total. The molecular weight excluding hydrogens is 252 g/mol. The van der Waals surface area contributed by atoms with Gasteiger partial charge in [-0.05, 0) is 19.3 Å². The number of rotatable bonds is 13. The van der Waals surface area contributed by atoms with Crippen LogP contribution < -0.4 is 5.73 Å². The monoisotopic (exact) mass is 286 g/mol. The molecule has 120 valence electrons. The lowest BCUT2D eigenvalue weighted by atomic mass is 9.86. The van der Waals surface area contributed by atoms with Gasteiger partial charge in [0.05, 0.1) is 0 Å². The zero-order valence-corrected chi connectivity index (χ0v) is 13.7. The minimum absolute atomic E-state index is 0.228. The Labute approximate surface area is 124 Å². The van der Waals surface area contributed by atoms with Gasteiger partial charge in [-0.15, -0.1) is 0 Å². The largest absolute Gasteiger partial charge is 0.409 e. The Morgan fingerprint density at radius 3 is 2.15 bits per heavy atom. The standard InChI is InChI=1S/C16H34N2O2/c1-4-5-6-7-8-10-13-20-14-11-9-12-16(2,3)15(17)18-19/h19H,4-14H2,1-3H3,(H2,17,18). The Bertz CT molecular complexity index is 253. The van der Waals surface area contributed by atoms with E-state index in [4.69, 9.17) is 15.7 Å². The van der Waals surface area contributed by atoms with Gasteiger partial charge in [0.2, 0.25) is 0 Å². The van der Waals surface area contributed by atoms with Gasteiger partial charge in [0.1, 0.15) is 5.84 Å². The molecule has 0 aromatic rings. The second kappa shape index (κ2) is 12.0.